The highest BCUT2D eigenvalue weighted by atomic mass is 15.9. The zero-order chi connectivity index (χ0) is 28.1. The molecule has 0 amide bonds. The van der Waals surface area contributed by atoms with Gasteiger partial charge in [-0.15, -0.1) is 4.99 Å². The SMILES string of the molecule is C1=CC(=Nc2nn(-c3ccccc3)n[n+]2-c2ccccc2)C=CC1=NC1=NN(c2ccccc2)[N-]N1c1ccccc1. The van der Waals surface area contributed by atoms with Crippen molar-refractivity contribution in [2.45, 2.75) is 0 Å². The van der Waals surface area contributed by atoms with Crippen molar-refractivity contribution in [2.24, 2.45) is 15.1 Å². The van der Waals surface area contributed by atoms with Gasteiger partial charge in [0.2, 0.25) is 5.96 Å². The maximum absolute atomic E-state index is 4.81. The number of aliphatic imine (C=N–C) groups is 2. The molecule has 0 bridgehead atoms. The third kappa shape index (κ3) is 5.25. The van der Waals surface area contributed by atoms with Crippen LogP contribution in [0.3, 0.4) is 0 Å². The number of nitrogens with zero attached hydrogens (tertiary/aromatic N) is 10. The van der Waals surface area contributed by atoms with Gasteiger partial charge in [-0.2, -0.15) is 5.10 Å². The molecule has 1 aliphatic carbocycles. The minimum absolute atomic E-state index is 0.447. The van der Waals surface area contributed by atoms with E-state index in [-0.39, 0.29) is 0 Å². The Kier molecular flexibility index (Phi) is 6.69. The minimum atomic E-state index is 0.447. The molecule has 10 nitrogen and oxygen atoms in total. The number of allylic oxidation sites excluding steroid dienone is 4. The molecule has 0 radical (unpaired) electrons. The van der Waals surface area contributed by atoms with Crippen LogP contribution < -0.4 is 14.8 Å². The van der Waals surface area contributed by atoms with E-state index in [1.807, 2.05) is 146 Å². The number of aromatic nitrogens is 4. The summed E-state index contributed by atoms with van der Waals surface area (Å²) in [5.41, 5.74) is 9.50. The lowest BCUT2D eigenvalue weighted by Gasteiger charge is -2.36. The first-order valence-corrected chi connectivity index (χ1v) is 13.3. The number of benzene rings is 4. The minimum Gasteiger partial charge on any atom is -0.443 e. The van der Waals surface area contributed by atoms with Crippen molar-refractivity contribution in [3.8, 4) is 11.4 Å². The Bertz CT molecular complexity index is 1820. The van der Waals surface area contributed by atoms with Crippen LogP contribution >= 0.6 is 0 Å². The van der Waals surface area contributed by atoms with E-state index in [1.165, 1.54) is 0 Å². The quantitative estimate of drug-likeness (QED) is 0.209. The van der Waals surface area contributed by atoms with Crippen LogP contribution in [0.25, 0.3) is 16.9 Å². The molecule has 0 spiro atoms. The first-order valence-electron chi connectivity index (χ1n) is 13.3. The van der Waals surface area contributed by atoms with Crippen molar-refractivity contribution in [1.29, 1.82) is 0 Å². The molecule has 0 unspecified atom stereocenters. The van der Waals surface area contributed by atoms with Crippen molar-refractivity contribution in [2.75, 3.05) is 10.1 Å². The molecule has 0 fully saturated rings. The number of para-hydroxylation sites is 4. The molecule has 7 rings (SSSR count). The molecule has 0 atom stereocenters. The molecular formula is C32H24N10. The summed E-state index contributed by atoms with van der Waals surface area (Å²) < 4.78 is 1.72. The van der Waals surface area contributed by atoms with E-state index in [2.05, 4.69) is 20.9 Å². The van der Waals surface area contributed by atoms with Crippen molar-refractivity contribution in [3.05, 3.63) is 151 Å². The van der Waals surface area contributed by atoms with Gasteiger partial charge >= 0.3 is 5.95 Å². The molecule has 0 saturated carbocycles. The monoisotopic (exact) mass is 548 g/mol. The highest BCUT2D eigenvalue weighted by molar-refractivity contribution is 6.22. The van der Waals surface area contributed by atoms with Gasteiger partial charge in [-0.25, -0.2) is 4.99 Å². The molecule has 2 heterocycles. The van der Waals surface area contributed by atoms with E-state index in [1.54, 1.807) is 19.6 Å². The summed E-state index contributed by atoms with van der Waals surface area (Å²) >= 11 is 0. The van der Waals surface area contributed by atoms with Crippen LogP contribution in [0.4, 0.5) is 17.3 Å². The lowest BCUT2D eigenvalue weighted by atomic mass is 10.1. The van der Waals surface area contributed by atoms with Crippen molar-refractivity contribution < 1.29 is 4.68 Å². The summed E-state index contributed by atoms with van der Waals surface area (Å²) in [4.78, 5) is 11.2. The zero-order valence-corrected chi connectivity index (χ0v) is 22.3. The highest BCUT2D eigenvalue weighted by Gasteiger charge is 2.22. The van der Waals surface area contributed by atoms with Gasteiger partial charge in [0.1, 0.15) is 17.1 Å². The van der Waals surface area contributed by atoms with E-state index in [4.69, 9.17) is 9.98 Å². The summed E-state index contributed by atoms with van der Waals surface area (Å²) in [6, 6.07) is 39.1. The molecule has 42 heavy (non-hydrogen) atoms. The molecule has 10 heteroatoms. The van der Waals surface area contributed by atoms with E-state index in [0.717, 1.165) is 22.7 Å². The summed E-state index contributed by atoms with van der Waals surface area (Å²) in [7, 11) is 0. The Morgan fingerprint density at radius 1 is 0.571 bits per heavy atom. The van der Waals surface area contributed by atoms with Gasteiger partial charge in [0.15, 0.2) is 0 Å². The lowest BCUT2D eigenvalue weighted by molar-refractivity contribution is -0.648. The smallest absolute Gasteiger partial charge is 0.440 e. The number of rotatable bonds is 5. The fourth-order valence-electron chi connectivity index (χ4n) is 4.33. The van der Waals surface area contributed by atoms with Crippen LogP contribution in [-0.2, 0) is 0 Å². The first kappa shape index (κ1) is 25.0. The van der Waals surface area contributed by atoms with Gasteiger partial charge < -0.3 is 15.7 Å². The van der Waals surface area contributed by atoms with Crippen molar-refractivity contribution in [3.63, 3.8) is 0 Å². The predicted octanol–water partition coefficient (Wildman–Crippen LogP) is 5.69. The second-order valence-corrected chi connectivity index (χ2v) is 9.26. The van der Waals surface area contributed by atoms with Crippen molar-refractivity contribution in [1.82, 2.24) is 15.1 Å². The highest BCUT2D eigenvalue weighted by Crippen LogP contribution is 2.30. The maximum Gasteiger partial charge on any atom is 0.440 e. The first-order chi connectivity index (χ1) is 20.8. The summed E-state index contributed by atoms with van der Waals surface area (Å²) in [6.45, 7) is 0. The van der Waals surface area contributed by atoms with Gasteiger partial charge in [0.05, 0.1) is 10.8 Å². The fraction of sp³-hybridized carbons (Fsp3) is 0. The Morgan fingerprint density at radius 3 is 1.71 bits per heavy atom. The van der Waals surface area contributed by atoms with Crippen LogP contribution in [-0.4, -0.2) is 32.5 Å². The summed E-state index contributed by atoms with van der Waals surface area (Å²) in [5, 5.41) is 17.3. The zero-order valence-electron chi connectivity index (χ0n) is 22.3. The van der Waals surface area contributed by atoms with E-state index in [0.29, 0.717) is 23.3 Å². The third-order valence-corrected chi connectivity index (χ3v) is 6.38. The molecule has 2 aliphatic rings. The molecule has 0 N–H and O–H groups in total. The van der Waals surface area contributed by atoms with Gasteiger partial charge in [0.25, 0.3) is 0 Å². The van der Waals surface area contributed by atoms with Crippen LogP contribution in [0.2, 0.25) is 0 Å². The number of hydrogen-bond acceptors (Lipinski definition) is 7. The molecular weight excluding hydrogens is 524 g/mol. The van der Waals surface area contributed by atoms with Gasteiger partial charge in [-0.3, -0.25) is 0 Å². The van der Waals surface area contributed by atoms with Crippen molar-refractivity contribution >= 4 is 34.7 Å². The molecule has 1 aliphatic heterocycles. The van der Waals surface area contributed by atoms with Gasteiger partial charge in [-0.05, 0) is 77.6 Å². The molecule has 1 aromatic heterocycles. The largest absolute Gasteiger partial charge is 0.443 e. The summed E-state index contributed by atoms with van der Waals surface area (Å²) in [6.07, 6.45) is 7.57. The predicted molar refractivity (Wildman–Crippen MR) is 164 cm³/mol. The van der Waals surface area contributed by atoms with E-state index < -0.39 is 0 Å². The Balaban J connectivity index is 1.19. The van der Waals surface area contributed by atoms with E-state index in [9.17, 15) is 0 Å². The van der Waals surface area contributed by atoms with E-state index >= 15 is 0 Å². The third-order valence-electron chi connectivity index (χ3n) is 6.38. The average Bonchev–Trinajstić information content (AvgIpc) is 3.68. The normalized spacial score (nSPS) is 14.3. The van der Waals surface area contributed by atoms with Crippen LogP contribution in [0.15, 0.2) is 161 Å². The second kappa shape index (κ2) is 11.2. The van der Waals surface area contributed by atoms with Crippen LogP contribution in [0.1, 0.15) is 0 Å². The number of hydrogen-bond donors (Lipinski definition) is 0. The number of guanidine groups is 1. The Morgan fingerprint density at radius 2 is 1.10 bits per heavy atom. The van der Waals surface area contributed by atoms with Gasteiger partial charge in [0, 0.05) is 16.6 Å². The Labute approximate surface area is 242 Å². The van der Waals surface area contributed by atoms with Gasteiger partial charge in [-0.1, -0.05) is 77.5 Å². The average molecular weight is 549 g/mol. The Hall–Kier alpha value is -6.00. The lowest BCUT2D eigenvalue weighted by Crippen LogP contribution is -2.34. The maximum atomic E-state index is 4.81. The topological polar surface area (TPSA) is 92.2 Å². The van der Waals surface area contributed by atoms with Crippen LogP contribution in [0, 0.1) is 0 Å². The molecule has 0 saturated heterocycles. The molecule has 5 aromatic rings. The van der Waals surface area contributed by atoms with Crippen LogP contribution in [0.5, 0.6) is 0 Å². The molecule has 4 aromatic carbocycles. The number of anilines is 2. The number of tetrazole rings is 1. The standard InChI is InChI=1S/C32H24N10/c1-5-13-27(14-6-1)39-31(35-41(37-39)29-17-9-3-10-18-29)33-25-21-23-26(24-22-25)34-32-36-42(30-19-11-4-12-20-30)38-40(32)28-15-7-2-8-16-28/h1-24H. The molecule has 202 valence electrons. The fourth-order valence-corrected chi connectivity index (χ4v) is 4.33. The number of hydrazone groups is 1. The summed E-state index contributed by atoms with van der Waals surface area (Å²) in [5.74, 6) is 0.893. The second-order valence-electron chi connectivity index (χ2n) is 9.26.